The molecule has 2 aromatic carbocycles. The maximum absolute atomic E-state index is 12.5. The highest BCUT2D eigenvalue weighted by atomic mass is 35.5. The number of para-hydroxylation sites is 1. The topological polar surface area (TPSA) is 41.6 Å². The van der Waals surface area contributed by atoms with Gasteiger partial charge in [0.1, 0.15) is 5.75 Å². The van der Waals surface area contributed by atoms with Crippen LogP contribution in [0.15, 0.2) is 48.5 Å². The molecule has 142 valence electrons. The minimum atomic E-state index is -0.0368. The van der Waals surface area contributed by atoms with Crippen molar-refractivity contribution in [1.29, 1.82) is 0 Å². The van der Waals surface area contributed by atoms with Gasteiger partial charge in [-0.2, -0.15) is 0 Å². The van der Waals surface area contributed by atoms with Crippen LogP contribution in [0.25, 0.3) is 11.1 Å². The van der Waals surface area contributed by atoms with Crippen LogP contribution in [0.5, 0.6) is 5.75 Å². The Morgan fingerprint density at radius 2 is 1.73 bits per heavy atom. The molecule has 1 N–H and O–H groups in total. The maximum Gasteiger partial charge on any atom is 0.226 e. The monoisotopic (exact) mass is 376 g/mol. The van der Waals surface area contributed by atoms with Gasteiger partial charge in [-0.25, -0.2) is 0 Å². The number of halogens is 1. The zero-order valence-corrected chi connectivity index (χ0v) is 17.0. The lowest BCUT2D eigenvalue weighted by atomic mass is 9.99. The number of methoxy groups -OCH3 is 1. The fraction of sp³-hybridized carbons (Fsp3) is 0.381. The predicted octanol–water partition coefficient (Wildman–Crippen LogP) is 4.16. The molecule has 2 unspecified atom stereocenters. The molecule has 4 nitrogen and oxygen atoms in total. The van der Waals surface area contributed by atoms with Crippen LogP contribution in [0, 0.1) is 5.92 Å². The van der Waals surface area contributed by atoms with Gasteiger partial charge in [-0.3, -0.25) is 4.79 Å². The molecule has 0 heterocycles. The van der Waals surface area contributed by atoms with E-state index in [1.807, 2.05) is 50.2 Å². The molecule has 0 spiro atoms. The molecule has 0 radical (unpaired) electrons. The third-order valence-electron chi connectivity index (χ3n) is 4.67. The van der Waals surface area contributed by atoms with Crippen molar-refractivity contribution in [1.82, 2.24) is 10.2 Å². The van der Waals surface area contributed by atoms with Crippen LogP contribution in [0.3, 0.4) is 0 Å². The van der Waals surface area contributed by atoms with E-state index in [0.717, 1.165) is 22.4 Å². The standard InChI is InChI=1S/C21H28N2O2.ClH/c1-15(14-22-3)21(24)23(4)16(2)17-10-12-18(13-11-17)19-8-6-7-9-20(19)25-5;/h6-13,15-16,22H,14H2,1-5H3;1H. The zero-order valence-electron chi connectivity index (χ0n) is 16.2. The Morgan fingerprint density at radius 1 is 1.12 bits per heavy atom. The summed E-state index contributed by atoms with van der Waals surface area (Å²) >= 11 is 0. The second-order valence-electron chi connectivity index (χ2n) is 6.41. The summed E-state index contributed by atoms with van der Waals surface area (Å²) in [5.74, 6) is 0.970. The minimum Gasteiger partial charge on any atom is -0.496 e. The zero-order chi connectivity index (χ0) is 18.4. The van der Waals surface area contributed by atoms with E-state index in [2.05, 4.69) is 36.5 Å². The molecule has 0 aliphatic carbocycles. The van der Waals surface area contributed by atoms with Gasteiger partial charge in [0.25, 0.3) is 0 Å². The number of carbonyl (C=O) groups excluding carboxylic acids is 1. The first-order valence-electron chi connectivity index (χ1n) is 8.64. The first-order chi connectivity index (χ1) is 12.0. The Kier molecular flexibility index (Phi) is 8.62. The second kappa shape index (κ2) is 10.2. The van der Waals surface area contributed by atoms with E-state index in [1.54, 1.807) is 7.11 Å². The van der Waals surface area contributed by atoms with Crippen molar-refractivity contribution >= 4 is 18.3 Å². The van der Waals surface area contributed by atoms with E-state index in [9.17, 15) is 4.79 Å². The number of nitrogens with one attached hydrogen (secondary N) is 1. The lowest BCUT2D eigenvalue weighted by Gasteiger charge is -2.28. The van der Waals surface area contributed by atoms with Gasteiger partial charge in [-0.1, -0.05) is 49.4 Å². The highest BCUT2D eigenvalue weighted by Crippen LogP contribution is 2.31. The molecule has 26 heavy (non-hydrogen) atoms. The summed E-state index contributed by atoms with van der Waals surface area (Å²) in [5, 5.41) is 3.06. The van der Waals surface area contributed by atoms with Crippen LogP contribution in [-0.2, 0) is 4.79 Å². The summed E-state index contributed by atoms with van der Waals surface area (Å²) < 4.78 is 5.44. The molecule has 2 atom stereocenters. The summed E-state index contributed by atoms with van der Waals surface area (Å²) in [4.78, 5) is 14.3. The van der Waals surface area contributed by atoms with Crippen LogP contribution in [0.4, 0.5) is 0 Å². The maximum atomic E-state index is 12.5. The van der Waals surface area contributed by atoms with Crippen LogP contribution < -0.4 is 10.1 Å². The Balaban J connectivity index is 0.00000338. The van der Waals surface area contributed by atoms with Crippen molar-refractivity contribution in [2.75, 3.05) is 27.7 Å². The molecule has 0 saturated heterocycles. The Bertz CT molecular complexity index is 703. The number of benzene rings is 2. The van der Waals surface area contributed by atoms with Crippen molar-refractivity contribution in [2.45, 2.75) is 19.9 Å². The van der Waals surface area contributed by atoms with Crippen LogP contribution in [0.1, 0.15) is 25.5 Å². The number of carbonyl (C=O) groups is 1. The SMILES string of the molecule is CNCC(C)C(=O)N(C)C(C)c1ccc(-c2ccccc2OC)cc1.Cl. The Morgan fingerprint density at radius 3 is 2.31 bits per heavy atom. The van der Waals surface area contributed by atoms with Crippen molar-refractivity contribution < 1.29 is 9.53 Å². The van der Waals surface area contributed by atoms with Gasteiger partial charge >= 0.3 is 0 Å². The molecule has 0 bridgehead atoms. The minimum absolute atomic E-state index is 0. The molecular weight excluding hydrogens is 348 g/mol. The average molecular weight is 377 g/mol. The summed E-state index contributed by atoms with van der Waals surface area (Å²) in [6, 6.07) is 16.3. The quantitative estimate of drug-likeness (QED) is 0.788. The molecule has 2 aromatic rings. The van der Waals surface area contributed by atoms with Gasteiger partial charge in [0.15, 0.2) is 0 Å². The van der Waals surface area contributed by atoms with Crippen molar-refractivity contribution in [2.24, 2.45) is 5.92 Å². The van der Waals surface area contributed by atoms with E-state index in [-0.39, 0.29) is 30.3 Å². The molecule has 2 rings (SSSR count). The number of ether oxygens (including phenoxy) is 1. The summed E-state index contributed by atoms with van der Waals surface area (Å²) in [6.45, 7) is 4.69. The smallest absolute Gasteiger partial charge is 0.226 e. The largest absolute Gasteiger partial charge is 0.496 e. The molecule has 0 aliphatic rings. The number of hydrogen-bond donors (Lipinski definition) is 1. The molecule has 0 fully saturated rings. The lowest BCUT2D eigenvalue weighted by molar-refractivity contribution is -0.135. The first kappa shape index (κ1) is 22.0. The Hall–Kier alpha value is -2.04. The third kappa shape index (κ3) is 4.99. The second-order valence-corrected chi connectivity index (χ2v) is 6.41. The van der Waals surface area contributed by atoms with Gasteiger partial charge in [0, 0.05) is 25.1 Å². The van der Waals surface area contributed by atoms with E-state index < -0.39 is 0 Å². The molecule has 0 aliphatic heterocycles. The van der Waals surface area contributed by atoms with Crippen molar-refractivity contribution in [3.05, 3.63) is 54.1 Å². The lowest BCUT2D eigenvalue weighted by Crippen LogP contribution is -2.37. The summed E-state index contributed by atoms with van der Waals surface area (Å²) in [6.07, 6.45) is 0. The van der Waals surface area contributed by atoms with Gasteiger partial charge in [-0.05, 0) is 31.2 Å². The van der Waals surface area contributed by atoms with Gasteiger partial charge in [0.2, 0.25) is 5.91 Å². The molecular formula is C21H29ClN2O2. The summed E-state index contributed by atoms with van der Waals surface area (Å²) in [5.41, 5.74) is 3.29. The Labute approximate surface area is 163 Å². The number of amides is 1. The molecule has 0 aromatic heterocycles. The van der Waals surface area contributed by atoms with Gasteiger partial charge in [0.05, 0.1) is 13.2 Å². The van der Waals surface area contributed by atoms with Crippen molar-refractivity contribution in [3.8, 4) is 16.9 Å². The normalized spacial score (nSPS) is 12.7. The van der Waals surface area contributed by atoms with Crippen LogP contribution in [-0.4, -0.2) is 38.6 Å². The van der Waals surface area contributed by atoms with Crippen molar-refractivity contribution in [3.63, 3.8) is 0 Å². The van der Waals surface area contributed by atoms with Gasteiger partial charge < -0.3 is 15.0 Å². The summed E-state index contributed by atoms with van der Waals surface area (Å²) in [7, 11) is 5.42. The van der Waals surface area contributed by atoms with E-state index in [4.69, 9.17) is 4.74 Å². The van der Waals surface area contributed by atoms with Crippen LogP contribution in [0.2, 0.25) is 0 Å². The molecule has 5 heteroatoms. The molecule has 1 amide bonds. The number of nitrogens with zero attached hydrogens (tertiary/aromatic N) is 1. The fourth-order valence-corrected chi connectivity index (χ4v) is 2.98. The highest BCUT2D eigenvalue weighted by molar-refractivity contribution is 5.85. The number of rotatable bonds is 7. The average Bonchev–Trinajstić information content (AvgIpc) is 2.66. The molecule has 0 saturated carbocycles. The van der Waals surface area contributed by atoms with Gasteiger partial charge in [-0.15, -0.1) is 12.4 Å². The van der Waals surface area contributed by atoms with Crippen LogP contribution >= 0.6 is 12.4 Å². The van der Waals surface area contributed by atoms with E-state index >= 15 is 0 Å². The van der Waals surface area contributed by atoms with E-state index in [0.29, 0.717) is 6.54 Å². The predicted molar refractivity (Wildman–Crippen MR) is 110 cm³/mol. The fourth-order valence-electron chi connectivity index (χ4n) is 2.98. The van der Waals surface area contributed by atoms with E-state index in [1.165, 1.54) is 0 Å². The first-order valence-corrected chi connectivity index (χ1v) is 8.64. The highest BCUT2D eigenvalue weighted by Gasteiger charge is 2.22. The third-order valence-corrected chi connectivity index (χ3v) is 4.67. The number of hydrogen-bond acceptors (Lipinski definition) is 3.